The summed E-state index contributed by atoms with van der Waals surface area (Å²) in [7, 11) is 3.48. The van der Waals surface area contributed by atoms with Crippen molar-refractivity contribution in [3.05, 3.63) is 18.0 Å². The van der Waals surface area contributed by atoms with Crippen molar-refractivity contribution in [3.8, 4) is 0 Å². The minimum Gasteiger partial charge on any atom is -0.381 e. The summed E-state index contributed by atoms with van der Waals surface area (Å²) in [5.74, 6) is -0.216. The van der Waals surface area contributed by atoms with E-state index in [1.165, 1.54) is 0 Å². The van der Waals surface area contributed by atoms with Gasteiger partial charge in [-0.05, 0) is 25.8 Å². The van der Waals surface area contributed by atoms with Crippen molar-refractivity contribution in [2.45, 2.75) is 32.4 Å². The van der Waals surface area contributed by atoms with Crippen LogP contribution in [0.5, 0.6) is 0 Å². The quantitative estimate of drug-likeness (QED) is 0.832. The molecule has 0 unspecified atom stereocenters. The SMILES string of the molecule is CCn1ccc(C(=O)NCCN(C(=O)N(C)C)C2CCOCC2)n1. The van der Waals surface area contributed by atoms with Crippen LogP contribution in [0.15, 0.2) is 12.3 Å². The second kappa shape index (κ2) is 8.68. The third kappa shape index (κ3) is 4.70. The smallest absolute Gasteiger partial charge is 0.319 e. The third-order valence-electron chi connectivity index (χ3n) is 4.10. The zero-order valence-corrected chi connectivity index (χ0v) is 14.7. The summed E-state index contributed by atoms with van der Waals surface area (Å²) < 4.78 is 7.08. The fourth-order valence-corrected chi connectivity index (χ4v) is 2.73. The summed E-state index contributed by atoms with van der Waals surface area (Å²) in [6, 6.07) is 1.82. The van der Waals surface area contributed by atoms with Crippen LogP contribution < -0.4 is 5.32 Å². The normalized spacial score (nSPS) is 15.1. The number of urea groups is 1. The first-order valence-corrected chi connectivity index (χ1v) is 8.40. The Morgan fingerprint density at radius 1 is 1.38 bits per heavy atom. The highest BCUT2D eigenvalue weighted by atomic mass is 16.5. The zero-order chi connectivity index (χ0) is 17.5. The molecule has 134 valence electrons. The number of rotatable bonds is 6. The van der Waals surface area contributed by atoms with E-state index < -0.39 is 0 Å². The van der Waals surface area contributed by atoms with Gasteiger partial charge < -0.3 is 19.9 Å². The van der Waals surface area contributed by atoms with E-state index in [2.05, 4.69) is 10.4 Å². The Bertz CT molecular complexity index is 552. The molecule has 0 aliphatic carbocycles. The number of ether oxygens (including phenoxy) is 1. The largest absolute Gasteiger partial charge is 0.381 e. The van der Waals surface area contributed by atoms with Crippen LogP contribution in [0.4, 0.5) is 4.79 Å². The number of hydrogen-bond donors (Lipinski definition) is 1. The second-order valence-electron chi connectivity index (χ2n) is 6.03. The first-order chi connectivity index (χ1) is 11.5. The van der Waals surface area contributed by atoms with Crippen LogP contribution in [-0.2, 0) is 11.3 Å². The average Bonchev–Trinajstić information content (AvgIpc) is 3.08. The zero-order valence-electron chi connectivity index (χ0n) is 14.7. The number of aromatic nitrogens is 2. The van der Waals surface area contributed by atoms with E-state index >= 15 is 0 Å². The van der Waals surface area contributed by atoms with E-state index in [9.17, 15) is 9.59 Å². The Balaban J connectivity index is 1.89. The molecular formula is C16H27N5O3. The molecule has 2 heterocycles. The molecular weight excluding hydrogens is 310 g/mol. The summed E-state index contributed by atoms with van der Waals surface area (Å²) in [6.07, 6.45) is 3.43. The van der Waals surface area contributed by atoms with Crippen LogP contribution in [-0.4, -0.2) is 78.0 Å². The molecule has 1 aromatic rings. The number of aryl methyl sites for hydroxylation is 1. The van der Waals surface area contributed by atoms with Gasteiger partial charge in [-0.1, -0.05) is 0 Å². The predicted molar refractivity (Wildman–Crippen MR) is 89.9 cm³/mol. The summed E-state index contributed by atoms with van der Waals surface area (Å²) in [5.41, 5.74) is 0.397. The molecule has 1 aliphatic heterocycles. The summed E-state index contributed by atoms with van der Waals surface area (Å²) >= 11 is 0. The number of nitrogens with one attached hydrogen (secondary N) is 1. The molecule has 3 amide bonds. The van der Waals surface area contributed by atoms with E-state index in [0.29, 0.717) is 32.0 Å². The monoisotopic (exact) mass is 337 g/mol. The van der Waals surface area contributed by atoms with Gasteiger partial charge in [0.05, 0.1) is 0 Å². The van der Waals surface area contributed by atoms with Crippen molar-refractivity contribution in [2.24, 2.45) is 0 Å². The molecule has 1 aliphatic rings. The van der Waals surface area contributed by atoms with Crippen molar-refractivity contribution in [1.82, 2.24) is 24.9 Å². The Labute approximate surface area is 142 Å². The van der Waals surface area contributed by atoms with Gasteiger partial charge >= 0.3 is 6.03 Å². The van der Waals surface area contributed by atoms with Crippen molar-refractivity contribution < 1.29 is 14.3 Å². The molecule has 0 atom stereocenters. The van der Waals surface area contributed by atoms with Crippen LogP contribution >= 0.6 is 0 Å². The summed E-state index contributed by atoms with van der Waals surface area (Å²) in [4.78, 5) is 27.9. The van der Waals surface area contributed by atoms with Crippen molar-refractivity contribution >= 4 is 11.9 Å². The predicted octanol–water partition coefficient (Wildman–Crippen LogP) is 0.795. The number of carbonyl (C=O) groups is 2. The fraction of sp³-hybridized carbons (Fsp3) is 0.688. The molecule has 1 aromatic heterocycles. The number of nitrogens with zero attached hydrogens (tertiary/aromatic N) is 4. The van der Waals surface area contributed by atoms with Crippen LogP contribution in [0.25, 0.3) is 0 Å². The van der Waals surface area contributed by atoms with Crippen molar-refractivity contribution in [3.63, 3.8) is 0 Å². The highest BCUT2D eigenvalue weighted by Crippen LogP contribution is 2.15. The Morgan fingerprint density at radius 3 is 2.67 bits per heavy atom. The van der Waals surface area contributed by atoms with E-state index in [0.717, 1.165) is 19.4 Å². The van der Waals surface area contributed by atoms with E-state index in [4.69, 9.17) is 4.74 Å². The Morgan fingerprint density at radius 2 is 2.08 bits per heavy atom. The minimum atomic E-state index is -0.216. The number of carbonyl (C=O) groups excluding carboxylic acids is 2. The van der Waals surface area contributed by atoms with Crippen LogP contribution in [0.2, 0.25) is 0 Å². The molecule has 8 heteroatoms. The van der Waals surface area contributed by atoms with Crippen molar-refractivity contribution in [2.75, 3.05) is 40.4 Å². The van der Waals surface area contributed by atoms with Gasteiger partial charge in [0.15, 0.2) is 0 Å². The lowest BCUT2D eigenvalue weighted by molar-refractivity contribution is 0.0415. The molecule has 1 saturated heterocycles. The Hall–Kier alpha value is -2.09. The van der Waals surface area contributed by atoms with Gasteiger partial charge in [0.1, 0.15) is 5.69 Å². The van der Waals surface area contributed by atoms with Gasteiger partial charge in [-0.25, -0.2) is 4.79 Å². The maximum Gasteiger partial charge on any atom is 0.319 e. The maximum absolute atomic E-state index is 12.4. The minimum absolute atomic E-state index is 0.0357. The van der Waals surface area contributed by atoms with Gasteiger partial charge in [0.2, 0.25) is 0 Å². The number of hydrogen-bond acceptors (Lipinski definition) is 4. The fourth-order valence-electron chi connectivity index (χ4n) is 2.73. The molecule has 1 fully saturated rings. The van der Waals surface area contributed by atoms with Gasteiger partial charge in [-0.15, -0.1) is 0 Å². The molecule has 0 radical (unpaired) electrons. The number of amides is 3. The van der Waals surface area contributed by atoms with Crippen LogP contribution in [0, 0.1) is 0 Å². The maximum atomic E-state index is 12.4. The van der Waals surface area contributed by atoms with Gasteiger partial charge in [0, 0.05) is 59.2 Å². The molecule has 0 aromatic carbocycles. The first kappa shape index (κ1) is 18.3. The molecule has 24 heavy (non-hydrogen) atoms. The standard InChI is InChI=1S/C16H27N5O3/c1-4-20-9-5-14(18-20)15(22)17-8-10-21(16(23)19(2)3)13-6-11-24-12-7-13/h5,9,13H,4,6-8,10-12H2,1-3H3,(H,17,22). The summed E-state index contributed by atoms with van der Waals surface area (Å²) in [5, 5.41) is 7.02. The third-order valence-corrected chi connectivity index (χ3v) is 4.10. The van der Waals surface area contributed by atoms with Crippen LogP contribution in [0.1, 0.15) is 30.3 Å². The first-order valence-electron chi connectivity index (χ1n) is 8.40. The summed E-state index contributed by atoms with van der Waals surface area (Å²) in [6.45, 7) is 4.90. The van der Waals surface area contributed by atoms with Crippen LogP contribution in [0.3, 0.4) is 0 Å². The lowest BCUT2D eigenvalue weighted by Gasteiger charge is -2.36. The average molecular weight is 337 g/mol. The Kier molecular flexibility index (Phi) is 6.60. The van der Waals surface area contributed by atoms with Gasteiger partial charge in [0.25, 0.3) is 5.91 Å². The lowest BCUT2D eigenvalue weighted by Crippen LogP contribution is -2.50. The lowest BCUT2D eigenvalue weighted by atomic mass is 10.1. The molecule has 2 rings (SSSR count). The van der Waals surface area contributed by atoms with E-state index in [1.807, 2.05) is 11.8 Å². The second-order valence-corrected chi connectivity index (χ2v) is 6.03. The van der Waals surface area contributed by atoms with Crippen molar-refractivity contribution in [1.29, 1.82) is 0 Å². The molecule has 8 nitrogen and oxygen atoms in total. The highest BCUT2D eigenvalue weighted by molar-refractivity contribution is 5.92. The van der Waals surface area contributed by atoms with Gasteiger partial charge in [-0.2, -0.15) is 5.10 Å². The topological polar surface area (TPSA) is 79.7 Å². The van der Waals surface area contributed by atoms with E-state index in [-0.39, 0.29) is 18.0 Å². The van der Waals surface area contributed by atoms with E-state index in [1.54, 1.807) is 35.9 Å². The highest BCUT2D eigenvalue weighted by Gasteiger charge is 2.26. The molecule has 1 N–H and O–H groups in total. The molecule has 0 spiro atoms. The molecule has 0 bridgehead atoms. The molecule has 0 saturated carbocycles. The van der Waals surface area contributed by atoms with Gasteiger partial charge in [-0.3, -0.25) is 9.48 Å².